The average molecular weight is 389 g/mol. The summed E-state index contributed by atoms with van der Waals surface area (Å²) in [7, 11) is 3.05. The summed E-state index contributed by atoms with van der Waals surface area (Å²) in [5.74, 6) is -0.171. The summed E-state index contributed by atoms with van der Waals surface area (Å²) in [6, 6.07) is 6.38. The molecule has 7 heteroatoms. The number of hydrogen-bond acceptors (Lipinski definition) is 5. The van der Waals surface area contributed by atoms with Crippen molar-refractivity contribution in [3.05, 3.63) is 45.1 Å². The molecule has 1 aliphatic carbocycles. The van der Waals surface area contributed by atoms with Crippen LogP contribution in [-0.4, -0.2) is 31.2 Å². The minimum atomic E-state index is -0.997. The Bertz CT molecular complexity index is 821. The summed E-state index contributed by atoms with van der Waals surface area (Å²) in [5, 5.41) is 12.2. The summed E-state index contributed by atoms with van der Waals surface area (Å²) in [6.45, 7) is 0. The predicted molar refractivity (Wildman–Crippen MR) is 103 cm³/mol. The molecule has 0 radical (unpaired) electrons. The smallest absolute Gasteiger partial charge is 0.305 e. The minimum absolute atomic E-state index is 0.237. The fourth-order valence-corrected chi connectivity index (χ4v) is 4.51. The van der Waals surface area contributed by atoms with Crippen LogP contribution in [0.2, 0.25) is 0 Å². The number of carboxylic acids is 1. The molecule has 0 saturated heterocycles. The molecule has 1 unspecified atom stereocenters. The normalized spacial score (nSPS) is 14.1. The number of methoxy groups -OCH3 is 2. The maximum atomic E-state index is 12.8. The number of thiophene rings is 1. The Hall–Kier alpha value is -2.54. The van der Waals surface area contributed by atoms with E-state index in [1.807, 2.05) is 6.07 Å². The quantitative estimate of drug-likeness (QED) is 0.756. The van der Waals surface area contributed by atoms with Crippen LogP contribution in [0.15, 0.2) is 24.3 Å². The highest BCUT2D eigenvalue weighted by Gasteiger charge is 2.24. The van der Waals surface area contributed by atoms with Crippen molar-refractivity contribution in [2.24, 2.45) is 0 Å². The maximum absolute atomic E-state index is 12.8. The maximum Gasteiger partial charge on any atom is 0.305 e. The fraction of sp³-hybridized carbons (Fsp3) is 0.400. The van der Waals surface area contributed by atoms with Crippen molar-refractivity contribution in [3.63, 3.8) is 0 Å². The van der Waals surface area contributed by atoms with Crippen molar-refractivity contribution in [1.82, 2.24) is 5.32 Å². The van der Waals surface area contributed by atoms with Crippen LogP contribution in [0.5, 0.6) is 11.5 Å². The van der Waals surface area contributed by atoms with E-state index in [0.717, 1.165) is 25.7 Å². The minimum Gasteiger partial charge on any atom is -0.497 e. The van der Waals surface area contributed by atoms with Crippen molar-refractivity contribution in [2.45, 2.75) is 38.1 Å². The number of benzene rings is 1. The molecule has 2 aromatic rings. The van der Waals surface area contributed by atoms with Gasteiger partial charge < -0.3 is 19.9 Å². The van der Waals surface area contributed by atoms with Crippen LogP contribution in [-0.2, 0) is 17.6 Å². The second-order valence-electron chi connectivity index (χ2n) is 6.50. The first-order valence-electron chi connectivity index (χ1n) is 8.88. The molecule has 3 rings (SSSR count). The van der Waals surface area contributed by atoms with Gasteiger partial charge in [0.2, 0.25) is 0 Å². The number of hydrogen-bond donors (Lipinski definition) is 2. The molecular weight excluding hydrogens is 366 g/mol. The van der Waals surface area contributed by atoms with Crippen molar-refractivity contribution >= 4 is 23.2 Å². The number of carbonyl (C=O) groups is 2. The number of amides is 1. The third-order valence-electron chi connectivity index (χ3n) is 4.72. The second-order valence-corrected chi connectivity index (χ2v) is 7.63. The lowest BCUT2D eigenvalue weighted by molar-refractivity contribution is -0.137. The topological polar surface area (TPSA) is 84.9 Å². The number of aryl methyl sites for hydroxylation is 2. The molecule has 6 nitrogen and oxygen atoms in total. The number of nitrogens with one attached hydrogen (secondary N) is 1. The predicted octanol–water partition coefficient (Wildman–Crippen LogP) is 3.59. The zero-order valence-corrected chi connectivity index (χ0v) is 16.2. The molecule has 1 heterocycles. The molecule has 0 fully saturated rings. The Morgan fingerprint density at radius 1 is 1.19 bits per heavy atom. The Kier molecular flexibility index (Phi) is 6.01. The Morgan fingerprint density at radius 3 is 2.63 bits per heavy atom. The van der Waals surface area contributed by atoms with Crippen molar-refractivity contribution < 1.29 is 24.2 Å². The Morgan fingerprint density at radius 2 is 1.96 bits per heavy atom. The monoisotopic (exact) mass is 389 g/mol. The number of carboxylic acid groups (broad SMARTS) is 1. The Balaban J connectivity index is 1.86. The van der Waals surface area contributed by atoms with Gasteiger partial charge in [-0.2, -0.15) is 0 Å². The lowest BCUT2D eigenvalue weighted by Crippen LogP contribution is -2.30. The zero-order valence-electron chi connectivity index (χ0n) is 15.4. The van der Waals surface area contributed by atoms with Crippen molar-refractivity contribution in [2.75, 3.05) is 14.2 Å². The molecule has 2 N–H and O–H groups in total. The number of carbonyl (C=O) groups excluding carboxylic acids is 1. The van der Waals surface area contributed by atoms with Gasteiger partial charge in [0, 0.05) is 16.5 Å². The van der Waals surface area contributed by atoms with Crippen LogP contribution < -0.4 is 14.8 Å². The standard InChI is InChI=1S/C20H23NO5S/c1-25-13-7-8-14(16(10-13)26-2)15(11-19(22)23)21-20(24)18-9-12-5-3-4-6-17(12)27-18/h7-10,15H,3-6,11H2,1-2H3,(H,21,24)(H,22,23). The molecule has 0 bridgehead atoms. The van der Waals surface area contributed by atoms with E-state index in [9.17, 15) is 14.7 Å². The summed E-state index contributed by atoms with van der Waals surface area (Å²) in [6.07, 6.45) is 4.08. The van der Waals surface area contributed by atoms with Gasteiger partial charge in [-0.1, -0.05) is 0 Å². The van der Waals surface area contributed by atoms with Gasteiger partial charge in [0.1, 0.15) is 11.5 Å². The van der Waals surface area contributed by atoms with Crippen LogP contribution >= 0.6 is 11.3 Å². The van der Waals surface area contributed by atoms with E-state index in [2.05, 4.69) is 5.32 Å². The van der Waals surface area contributed by atoms with Crippen molar-refractivity contribution in [3.8, 4) is 11.5 Å². The van der Waals surface area contributed by atoms with E-state index in [1.54, 1.807) is 25.3 Å². The highest BCUT2D eigenvalue weighted by atomic mass is 32.1. The lowest BCUT2D eigenvalue weighted by Gasteiger charge is -2.20. The second kappa shape index (κ2) is 8.43. The first-order valence-corrected chi connectivity index (χ1v) is 9.69. The van der Waals surface area contributed by atoms with E-state index >= 15 is 0 Å². The molecule has 1 aromatic carbocycles. The van der Waals surface area contributed by atoms with E-state index in [4.69, 9.17) is 9.47 Å². The van der Waals surface area contributed by atoms with Gasteiger partial charge in [0.25, 0.3) is 5.91 Å². The largest absolute Gasteiger partial charge is 0.497 e. The molecule has 0 saturated carbocycles. The van der Waals surface area contributed by atoms with Crippen LogP contribution in [0.1, 0.15) is 51.0 Å². The Labute approximate surface area is 162 Å². The van der Waals surface area contributed by atoms with Gasteiger partial charge in [-0.3, -0.25) is 9.59 Å². The van der Waals surface area contributed by atoms with Gasteiger partial charge in [-0.05, 0) is 49.4 Å². The zero-order chi connectivity index (χ0) is 19.4. The summed E-state index contributed by atoms with van der Waals surface area (Å²) >= 11 is 1.50. The molecule has 0 spiro atoms. The summed E-state index contributed by atoms with van der Waals surface area (Å²) < 4.78 is 10.6. The third kappa shape index (κ3) is 4.42. The number of ether oxygens (including phenoxy) is 2. The highest BCUT2D eigenvalue weighted by molar-refractivity contribution is 7.14. The third-order valence-corrected chi connectivity index (χ3v) is 5.96. The number of aliphatic carboxylic acids is 1. The SMILES string of the molecule is COc1ccc(C(CC(=O)O)NC(=O)c2cc3c(s2)CCCC3)c(OC)c1. The summed E-state index contributed by atoms with van der Waals surface area (Å²) in [4.78, 5) is 26.1. The van der Waals surface area contributed by atoms with Gasteiger partial charge in [-0.15, -0.1) is 11.3 Å². The van der Waals surface area contributed by atoms with E-state index in [-0.39, 0.29) is 12.3 Å². The van der Waals surface area contributed by atoms with E-state index in [1.165, 1.54) is 28.9 Å². The number of rotatable bonds is 7. The lowest BCUT2D eigenvalue weighted by atomic mass is 9.99. The molecule has 1 atom stereocenters. The highest BCUT2D eigenvalue weighted by Crippen LogP contribution is 2.33. The average Bonchev–Trinajstić information content (AvgIpc) is 3.11. The van der Waals surface area contributed by atoms with Crippen LogP contribution in [0.4, 0.5) is 0 Å². The van der Waals surface area contributed by atoms with Crippen LogP contribution in [0.3, 0.4) is 0 Å². The molecule has 0 aliphatic heterocycles. The summed E-state index contributed by atoms with van der Waals surface area (Å²) in [5.41, 5.74) is 1.85. The molecular formula is C20H23NO5S. The fourth-order valence-electron chi connectivity index (χ4n) is 3.35. The first-order chi connectivity index (χ1) is 13.0. The molecule has 1 aromatic heterocycles. The van der Waals surface area contributed by atoms with E-state index < -0.39 is 12.0 Å². The molecule has 27 heavy (non-hydrogen) atoms. The van der Waals surface area contributed by atoms with Crippen molar-refractivity contribution in [1.29, 1.82) is 0 Å². The van der Waals surface area contributed by atoms with Gasteiger partial charge in [-0.25, -0.2) is 0 Å². The van der Waals surface area contributed by atoms with E-state index in [0.29, 0.717) is 21.9 Å². The number of fused-ring (bicyclic) bond motifs is 1. The molecule has 144 valence electrons. The molecule has 1 aliphatic rings. The van der Waals surface area contributed by atoms with Crippen LogP contribution in [0.25, 0.3) is 0 Å². The van der Waals surface area contributed by atoms with Gasteiger partial charge in [0.05, 0.1) is 31.6 Å². The van der Waals surface area contributed by atoms with Crippen LogP contribution in [0, 0.1) is 0 Å². The van der Waals surface area contributed by atoms with Gasteiger partial charge in [0.15, 0.2) is 0 Å². The first kappa shape index (κ1) is 19.2. The van der Waals surface area contributed by atoms with Gasteiger partial charge >= 0.3 is 5.97 Å². The molecule has 1 amide bonds.